The molecule has 1 aliphatic rings. The quantitative estimate of drug-likeness (QED) is 0.379. The first-order valence-corrected chi connectivity index (χ1v) is 9.21. The Balaban J connectivity index is 1.70. The molecule has 0 radical (unpaired) electrons. The van der Waals surface area contributed by atoms with E-state index in [0.717, 1.165) is 5.46 Å². The van der Waals surface area contributed by atoms with Crippen LogP contribution in [0.2, 0.25) is 0 Å². The summed E-state index contributed by atoms with van der Waals surface area (Å²) in [7, 11) is -0.573. The maximum Gasteiger partial charge on any atom is 0.495 e. The lowest BCUT2D eigenvalue weighted by atomic mass is 9.76. The second kappa shape index (κ2) is 6.79. The lowest BCUT2D eigenvalue weighted by molar-refractivity contribution is -0.384. The van der Waals surface area contributed by atoms with Gasteiger partial charge in [0.25, 0.3) is 11.6 Å². The van der Waals surface area contributed by atoms with E-state index >= 15 is 0 Å². The molecule has 1 saturated heterocycles. The van der Waals surface area contributed by atoms with Gasteiger partial charge in [0, 0.05) is 23.3 Å². The van der Waals surface area contributed by atoms with Crippen LogP contribution >= 0.6 is 0 Å². The van der Waals surface area contributed by atoms with Crippen molar-refractivity contribution >= 4 is 18.3 Å². The van der Waals surface area contributed by atoms with Crippen molar-refractivity contribution in [3.63, 3.8) is 0 Å². The second-order valence-corrected chi connectivity index (χ2v) is 7.91. The third-order valence-corrected chi connectivity index (χ3v) is 5.44. The van der Waals surface area contributed by atoms with Gasteiger partial charge in [-0.25, -0.2) is 0 Å². The number of hydrogen-bond donors (Lipinski definition) is 0. The summed E-state index contributed by atoms with van der Waals surface area (Å²) in [5.74, 6) is 0.559. The van der Waals surface area contributed by atoms with E-state index in [1.54, 1.807) is 12.1 Å². The second-order valence-electron chi connectivity index (χ2n) is 7.91. The molecule has 0 N–H and O–H groups in total. The van der Waals surface area contributed by atoms with Gasteiger partial charge in [0.15, 0.2) is 0 Å². The first kappa shape index (κ1) is 19.3. The van der Waals surface area contributed by atoms with E-state index in [1.165, 1.54) is 12.1 Å². The molecular weight excluding hydrogens is 373 g/mol. The van der Waals surface area contributed by atoms with Crippen LogP contribution in [-0.4, -0.2) is 33.4 Å². The molecule has 4 rings (SSSR count). The number of hydrogen-bond acceptors (Lipinski definition) is 7. The molecule has 148 valence electrons. The average molecular weight is 393 g/mol. The minimum atomic E-state index is -0.573. The van der Waals surface area contributed by atoms with Crippen molar-refractivity contribution < 1.29 is 18.8 Å². The van der Waals surface area contributed by atoms with Crippen LogP contribution in [0.25, 0.3) is 22.8 Å². The number of nitro groups is 1. The van der Waals surface area contributed by atoms with Gasteiger partial charge >= 0.3 is 7.12 Å². The molecule has 0 aliphatic carbocycles. The Labute approximate surface area is 168 Å². The number of non-ortho nitro benzene ring substituents is 1. The molecule has 29 heavy (non-hydrogen) atoms. The number of benzene rings is 2. The fourth-order valence-corrected chi connectivity index (χ4v) is 3.08. The van der Waals surface area contributed by atoms with E-state index in [-0.39, 0.29) is 11.6 Å². The van der Waals surface area contributed by atoms with Crippen LogP contribution in [0.5, 0.6) is 0 Å². The van der Waals surface area contributed by atoms with E-state index in [2.05, 4.69) is 10.1 Å². The van der Waals surface area contributed by atoms with E-state index in [4.69, 9.17) is 13.8 Å². The zero-order valence-corrected chi connectivity index (χ0v) is 16.6. The normalized spacial score (nSPS) is 17.4. The van der Waals surface area contributed by atoms with Crippen LogP contribution < -0.4 is 5.46 Å². The minimum Gasteiger partial charge on any atom is -0.399 e. The summed E-state index contributed by atoms with van der Waals surface area (Å²) in [5.41, 5.74) is 0.988. The van der Waals surface area contributed by atoms with Crippen LogP contribution in [0.3, 0.4) is 0 Å². The van der Waals surface area contributed by atoms with Gasteiger partial charge in [0.2, 0.25) is 5.82 Å². The van der Waals surface area contributed by atoms with E-state index < -0.39 is 23.2 Å². The Morgan fingerprint density at radius 3 is 2.38 bits per heavy atom. The van der Waals surface area contributed by atoms with Crippen LogP contribution in [0, 0.1) is 10.1 Å². The molecule has 8 nitrogen and oxygen atoms in total. The number of aromatic nitrogens is 2. The molecule has 9 heteroatoms. The fraction of sp³-hybridized carbons (Fsp3) is 0.300. The molecule has 3 aromatic rings. The predicted octanol–water partition coefficient (Wildman–Crippen LogP) is 3.61. The summed E-state index contributed by atoms with van der Waals surface area (Å²) < 4.78 is 17.7. The number of nitro benzene ring substituents is 1. The van der Waals surface area contributed by atoms with E-state index in [0.29, 0.717) is 17.0 Å². The Morgan fingerprint density at radius 2 is 1.69 bits per heavy atom. The highest BCUT2D eigenvalue weighted by Gasteiger charge is 2.52. The Morgan fingerprint density at radius 1 is 1.00 bits per heavy atom. The smallest absolute Gasteiger partial charge is 0.399 e. The summed E-state index contributed by atoms with van der Waals surface area (Å²) >= 11 is 0. The summed E-state index contributed by atoms with van der Waals surface area (Å²) in [5, 5.41) is 15.1. The molecule has 2 heterocycles. The summed E-state index contributed by atoms with van der Waals surface area (Å²) in [4.78, 5) is 15.0. The summed E-state index contributed by atoms with van der Waals surface area (Å²) in [6, 6.07) is 13.6. The van der Waals surface area contributed by atoms with Crippen molar-refractivity contribution in [1.82, 2.24) is 10.1 Å². The number of nitrogens with zero attached hydrogens (tertiary/aromatic N) is 3. The highest BCUT2D eigenvalue weighted by molar-refractivity contribution is 6.63. The maximum absolute atomic E-state index is 11.0. The summed E-state index contributed by atoms with van der Waals surface area (Å²) in [6.07, 6.45) is 0. The highest BCUT2D eigenvalue weighted by Crippen LogP contribution is 2.37. The van der Waals surface area contributed by atoms with Gasteiger partial charge in [0.05, 0.1) is 16.1 Å². The molecule has 0 bridgehead atoms. The molecule has 1 aliphatic heterocycles. The molecule has 1 aromatic heterocycles. The van der Waals surface area contributed by atoms with Gasteiger partial charge in [0.1, 0.15) is 0 Å². The fourth-order valence-electron chi connectivity index (χ4n) is 3.08. The van der Waals surface area contributed by atoms with Crippen molar-refractivity contribution in [2.24, 2.45) is 0 Å². The van der Waals surface area contributed by atoms with Crippen molar-refractivity contribution in [2.75, 3.05) is 0 Å². The van der Waals surface area contributed by atoms with Gasteiger partial charge in [-0.1, -0.05) is 35.5 Å². The molecule has 0 saturated carbocycles. The Hall–Kier alpha value is -3.04. The SMILES string of the molecule is CC1(C)OB(c2ccccc2-c2noc(-c3cccc([N+](=O)[O-])c3)n2)OC1(C)C. The molecule has 0 unspecified atom stereocenters. The summed E-state index contributed by atoms with van der Waals surface area (Å²) in [6.45, 7) is 7.96. The molecule has 2 aromatic carbocycles. The van der Waals surface area contributed by atoms with Crippen LogP contribution in [0.4, 0.5) is 5.69 Å². The zero-order chi connectivity index (χ0) is 20.8. The first-order valence-electron chi connectivity index (χ1n) is 9.21. The van der Waals surface area contributed by atoms with Gasteiger partial charge in [-0.15, -0.1) is 0 Å². The first-order chi connectivity index (χ1) is 13.7. The van der Waals surface area contributed by atoms with Crippen molar-refractivity contribution in [2.45, 2.75) is 38.9 Å². The van der Waals surface area contributed by atoms with Crippen molar-refractivity contribution in [3.8, 4) is 22.8 Å². The zero-order valence-electron chi connectivity index (χ0n) is 16.6. The Bertz CT molecular complexity index is 1060. The highest BCUT2D eigenvalue weighted by atomic mass is 16.7. The standard InChI is InChI=1S/C20H20BN3O5/c1-19(2)20(3,4)29-21(28-19)16-11-6-5-10-15(16)17-22-18(27-23-17)13-8-7-9-14(12-13)24(25)26/h5-12H,1-4H3. The maximum atomic E-state index is 11.0. The van der Waals surface area contributed by atoms with Gasteiger partial charge < -0.3 is 13.8 Å². The topological polar surface area (TPSA) is 101 Å². The molecule has 1 fully saturated rings. The third-order valence-electron chi connectivity index (χ3n) is 5.44. The lowest BCUT2D eigenvalue weighted by Gasteiger charge is -2.32. The van der Waals surface area contributed by atoms with Crippen LogP contribution in [-0.2, 0) is 9.31 Å². The van der Waals surface area contributed by atoms with E-state index in [9.17, 15) is 10.1 Å². The van der Waals surface area contributed by atoms with Gasteiger partial charge in [-0.2, -0.15) is 4.98 Å². The van der Waals surface area contributed by atoms with Crippen LogP contribution in [0.1, 0.15) is 27.7 Å². The van der Waals surface area contributed by atoms with Crippen molar-refractivity contribution in [3.05, 3.63) is 58.6 Å². The van der Waals surface area contributed by atoms with Gasteiger partial charge in [-0.3, -0.25) is 10.1 Å². The average Bonchev–Trinajstić information content (AvgIpc) is 3.24. The van der Waals surface area contributed by atoms with Crippen molar-refractivity contribution in [1.29, 1.82) is 0 Å². The molecule has 0 amide bonds. The third kappa shape index (κ3) is 3.43. The molecule has 0 spiro atoms. The minimum absolute atomic E-state index is 0.0418. The Kier molecular flexibility index (Phi) is 4.51. The monoisotopic (exact) mass is 393 g/mol. The molecular formula is C20H20BN3O5. The van der Waals surface area contributed by atoms with E-state index in [1.807, 2.05) is 52.0 Å². The van der Waals surface area contributed by atoms with Gasteiger partial charge in [-0.05, 0) is 39.2 Å². The largest absolute Gasteiger partial charge is 0.495 e. The lowest BCUT2D eigenvalue weighted by Crippen LogP contribution is -2.41. The molecule has 0 atom stereocenters. The number of rotatable bonds is 4. The predicted molar refractivity (Wildman–Crippen MR) is 108 cm³/mol. The van der Waals surface area contributed by atoms with Crippen LogP contribution in [0.15, 0.2) is 53.1 Å².